The zero-order chi connectivity index (χ0) is 22.7. The van der Waals surface area contributed by atoms with Crippen LogP contribution in [-0.2, 0) is 11.3 Å². The number of hydrogen-bond acceptors (Lipinski definition) is 5. The Morgan fingerprint density at radius 2 is 1.81 bits per heavy atom. The maximum absolute atomic E-state index is 12.5. The van der Waals surface area contributed by atoms with Crippen molar-refractivity contribution in [3.63, 3.8) is 0 Å². The number of ketones is 1. The number of nitrogens with one attached hydrogen (secondary N) is 1. The number of carbonyl (C=O) groups is 3. The molecule has 4 rings (SSSR count). The van der Waals surface area contributed by atoms with Crippen molar-refractivity contribution in [3.8, 4) is 0 Å². The number of rotatable bonds is 5. The molecular weight excluding hydrogens is 412 g/mol. The van der Waals surface area contributed by atoms with E-state index >= 15 is 0 Å². The van der Waals surface area contributed by atoms with Crippen LogP contribution in [0.1, 0.15) is 28.8 Å². The van der Waals surface area contributed by atoms with Crippen LogP contribution in [0.15, 0.2) is 60.7 Å². The highest BCUT2D eigenvalue weighted by Crippen LogP contribution is 2.27. The molecule has 1 N–H and O–H groups in total. The van der Waals surface area contributed by atoms with Crippen LogP contribution in [0.5, 0.6) is 0 Å². The number of hydrogen-bond donors (Lipinski definition) is 1. The molecule has 9 heteroatoms. The summed E-state index contributed by atoms with van der Waals surface area (Å²) in [6.07, 6.45) is 3.63. The lowest BCUT2D eigenvalue weighted by Crippen LogP contribution is -2.50. The molecule has 0 aromatic heterocycles. The maximum Gasteiger partial charge on any atom is 0.322 e. The fourth-order valence-electron chi connectivity index (χ4n) is 4.04. The van der Waals surface area contributed by atoms with Crippen LogP contribution < -0.4 is 5.32 Å². The first kappa shape index (κ1) is 21.2. The average Bonchev–Trinajstić information content (AvgIpc) is 2.82. The van der Waals surface area contributed by atoms with Crippen molar-refractivity contribution in [2.45, 2.75) is 25.4 Å². The van der Waals surface area contributed by atoms with Crippen molar-refractivity contribution >= 4 is 29.1 Å². The van der Waals surface area contributed by atoms with E-state index in [0.717, 1.165) is 17.3 Å². The van der Waals surface area contributed by atoms with Gasteiger partial charge in [0.15, 0.2) is 5.78 Å². The fourth-order valence-corrected chi connectivity index (χ4v) is 4.04. The van der Waals surface area contributed by atoms with Crippen molar-refractivity contribution in [1.29, 1.82) is 0 Å². The second-order valence-electron chi connectivity index (χ2n) is 7.78. The van der Waals surface area contributed by atoms with Crippen molar-refractivity contribution < 1.29 is 19.3 Å². The van der Waals surface area contributed by atoms with Crippen LogP contribution in [0.25, 0.3) is 0 Å². The number of carbonyl (C=O) groups excluding carboxylic acids is 3. The van der Waals surface area contributed by atoms with Crippen molar-refractivity contribution in [2.75, 3.05) is 18.4 Å². The number of urea groups is 1. The predicted molar refractivity (Wildman–Crippen MR) is 117 cm³/mol. The van der Waals surface area contributed by atoms with Gasteiger partial charge in [-0.3, -0.25) is 19.7 Å². The van der Waals surface area contributed by atoms with Gasteiger partial charge < -0.3 is 15.1 Å². The van der Waals surface area contributed by atoms with Crippen LogP contribution in [0.3, 0.4) is 0 Å². The number of anilines is 1. The number of nitro benzene ring substituents is 1. The molecule has 2 aromatic rings. The van der Waals surface area contributed by atoms with Crippen LogP contribution in [0.4, 0.5) is 16.2 Å². The molecule has 2 heterocycles. The molecule has 3 amide bonds. The number of para-hydroxylation sites is 1. The highest BCUT2D eigenvalue weighted by Gasteiger charge is 2.32. The summed E-state index contributed by atoms with van der Waals surface area (Å²) in [5.41, 5.74) is 1.87. The second-order valence-corrected chi connectivity index (χ2v) is 7.78. The number of fused-ring (bicyclic) bond motifs is 1. The number of piperidine rings is 1. The van der Waals surface area contributed by atoms with E-state index in [-0.39, 0.29) is 29.2 Å². The van der Waals surface area contributed by atoms with E-state index in [2.05, 4.69) is 5.32 Å². The van der Waals surface area contributed by atoms with Crippen LogP contribution in [0.2, 0.25) is 0 Å². The molecule has 1 fully saturated rings. The van der Waals surface area contributed by atoms with Crippen molar-refractivity contribution in [1.82, 2.24) is 9.80 Å². The van der Waals surface area contributed by atoms with Gasteiger partial charge in [0, 0.05) is 55.1 Å². The minimum atomic E-state index is -0.572. The molecule has 0 radical (unpaired) electrons. The standard InChI is InChI=1S/C23H22N4O5/c28-21(16-5-3-6-19(14-16)27(31)32)8-9-22(29)25-12-10-18(11-13-25)26-15-17-4-1-2-7-20(17)24-23(26)30/h1-9,14,18H,10-13,15H2,(H,24,30)/b9-8+. The molecule has 0 saturated carbocycles. The molecule has 0 atom stereocenters. The first-order chi connectivity index (χ1) is 15.4. The summed E-state index contributed by atoms with van der Waals surface area (Å²) in [5.74, 6) is -0.767. The van der Waals surface area contributed by atoms with Crippen LogP contribution in [-0.4, -0.2) is 51.6 Å². The third-order valence-electron chi connectivity index (χ3n) is 5.80. The van der Waals surface area contributed by atoms with Gasteiger partial charge in [0.05, 0.1) is 4.92 Å². The highest BCUT2D eigenvalue weighted by atomic mass is 16.6. The van der Waals surface area contributed by atoms with Crippen molar-refractivity contribution in [3.05, 3.63) is 81.9 Å². The molecule has 164 valence electrons. The molecule has 2 aromatic carbocycles. The summed E-state index contributed by atoms with van der Waals surface area (Å²) in [4.78, 5) is 51.0. The number of nitrogens with zero attached hydrogens (tertiary/aromatic N) is 3. The molecule has 2 aliphatic rings. The van der Waals surface area contributed by atoms with Gasteiger partial charge >= 0.3 is 6.03 Å². The summed E-state index contributed by atoms with van der Waals surface area (Å²) in [7, 11) is 0. The minimum absolute atomic E-state index is 0.0304. The minimum Gasteiger partial charge on any atom is -0.339 e. The number of non-ortho nitro benzene ring substituents is 1. The molecule has 2 aliphatic heterocycles. The predicted octanol–water partition coefficient (Wildman–Crippen LogP) is 3.37. The van der Waals surface area contributed by atoms with E-state index in [1.54, 1.807) is 4.90 Å². The first-order valence-corrected chi connectivity index (χ1v) is 10.3. The van der Waals surface area contributed by atoms with Gasteiger partial charge in [0.1, 0.15) is 0 Å². The van der Waals surface area contributed by atoms with Gasteiger partial charge in [-0.25, -0.2) is 4.79 Å². The van der Waals surface area contributed by atoms with Crippen molar-refractivity contribution in [2.24, 2.45) is 0 Å². The summed E-state index contributed by atoms with van der Waals surface area (Å²) < 4.78 is 0. The summed E-state index contributed by atoms with van der Waals surface area (Å²) in [6, 6.07) is 13.0. The summed E-state index contributed by atoms with van der Waals surface area (Å²) in [6.45, 7) is 1.49. The molecule has 0 unspecified atom stereocenters. The quantitative estimate of drug-likeness (QED) is 0.336. The average molecular weight is 434 g/mol. The molecule has 1 saturated heterocycles. The van der Waals surface area contributed by atoms with E-state index in [1.165, 1.54) is 30.3 Å². The Labute approximate surface area is 184 Å². The highest BCUT2D eigenvalue weighted by molar-refractivity contribution is 6.07. The fraction of sp³-hybridized carbons (Fsp3) is 0.261. The Kier molecular flexibility index (Phi) is 5.98. The Bertz CT molecular complexity index is 1110. The number of nitro groups is 1. The molecule has 0 bridgehead atoms. The smallest absolute Gasteiger partial charge is 0.322 e. The Hall–Kier alpha value is -4.01. The van der Waals surface area contributed by atoms with Gasteiger partial charge in [0.2, 0.25) is 5.91 Å². The first-order valence-electron chi connectivity index (χ1n) is 10.3. The molecule has 9 nitrogen and oxygen atoms in total. The van der Waals surface area contributed by atoms with Crippen LogP contribution in [0, 0.1) is 10.1 Å². The number of likely N-dealkylation sites (tertiary alicyclic amines) is 1. The van der Waals surface area contributed by atoms with E-state index in [1.807, 2.05) is 29.2 Å². The topological polar surface area (TPSA) is 113 Å². The molecular formula is C23H22N4O5. The lowest BCUT2D eigenvalue weighted by molar-refractivity contribution is -0.384. The van der Waals surface area contributed by atoms with Gasteiger partial charge in [-0.2, -0.15) is 0 Å². The Morgan fingerprint density at radius 3 is 2.56 bits per heavy atom. The summed E-state index contributed by atoms with van der Waals surface area (Å²) >= 11 is 0. The van der Waals surface area contributed by atoms with Gasteiger partial charge in [0.25, 0.3) is 5.69 Å². The maximum atomic E-state index is 12.5. The molecule has 0 aliphatic carbocycles. The normalized spacial score (nSPS) is 16.6. The van der Waals surface area contributed by atoms with Crippen LogP contribution >= 0.6 is 0 Å². The zero-order valence-electron chi connectivity index (χ0n) is 17.3. The van der Waals surface area contributed by atoms with E-state index in [4.69, 9.17) is 0 Å². The lowest BCUT2D eigenvalue weighted by atomic mass is 10.0. The second kappa shape index (κ2) is 9.01. The third kappa shape index (κ3) is 4.51. The SMILES string of the molecule is O=C(/C=C/C(=O)N1CCC(N2Cc3ccccc3NC2=O)CC1)c1cccc([N+](=O)[O-])c1. The van der Waals surface area contributed by atoms with E-state index in [9.17, 15) is 24.5 Å². The molecule has 0 spiro atoms. The van der Waals surface area contributed by atoms with Gasteiger partial charge in [-0.05, 0) is 30.5 Å². The third-order valence-corrected chi connectivity index (χ3v) is 5.80. The Morgan fingerprint density at radius 1 is 1.06 bits per heavy atom. The largest absolute Gasteiger partial charge is 0.339 e. The van der Waals surface area contributed by atoms with Gasteiger partial charge in [-0.15, -0.1) is 0 Å². The number of amides is 3. The number of benzene rings is 2. The molecule has 32 heavy (non-hydrogen) atoms. The van der Waals surface area contributed by atoms with E-state index in [0.29, 0.717) is 32.5 Å². The zero-order valence-corrected chi connectivity index (χ0v) is 17.3. The lowest BCUT2D eigenvalue weighted by Gasteiger charge is -2.40. The van der Waals surface area contributed by atoms with Gasteiger partial charge in [-0.1, -0.05) is 30.3 Å². The Balaban J connectivity index is 1.33. The summed E-state index contributed by atoms with van der Waals surface area (Å²) in [5, 5.41) is 13.8. The van der Waals surface area contributed by atoms with E-state index < -0.39 is 10.7 Å². The number of allylic oxidation sites excluding steroid dienone is 1. The monoisotopic (exact) mass is 434 g/mol.